The lowest BCUT2D eigenvalue weighted by Crippen LogP contribution is -2.39. The Morgan fingerprint density at radius 2 is 1.61 bits per heavy atom. The van der Waals surface area contributed by atoms with E-state index in [-0.39, 0.29) is 15.6 Å². The number of methoxy groups -OCH3 is 1. The molecule has 44 heavy (non-hydrogen) atoms. The molecule has 0 unspecified atom stereocenters. The molecule has 0 spiro atoms. The summed E-state index contributed by atoms with van der Waals surface area (Å²) < 4.78 is 45.1. The van der Waals surface area contributed by atoms with Crippen LogP contribution in [-0.4, -0.2) is 40.8 Å². The fourth-order valence-corrected chi connectivity index (χ4v) is 5.83. The predicted octanol–water partition coefficient (Wildman–Crippen LogP) is 6.63. The van der Waals surface area contributed by atoms with Crippen LogP contribution < -0.4 is 23.9 Å². The minimum atomic E-state index is -4.14. The minimum absolute atomic E-state index is 0.0215. The van der Waals surface area contributed by atoms with E-state index in [0.29, 0.717) is 41.0 Å². The van der Waals surface area contributed by atoms with Gasteiger partial charge in [0.25, 0.3) is 15.9 Å². The van der Waals surface area contributed by atoms with Gasteiger partial charge >= 0.3 is 0 Å². The average Bonchev–Trinajstić information content (AvgIpc) is 3.00. The quantitative estimate of drug-likeness (QED) is 0.128. The van der Waals surface area contributed by atoms with Crippen LogP contribution in [0.2, 0.25) is 10.0 Å². The molecule has 1 N–H and O–H groups in total. The number of carbonyl (C=O) groups is 1. The summed E-state index contributed by atoms with van der Waals surface area (Å²) in [6.07, 6.45) is 1.42. The second-order valence-corrected chi connectivity index (χ2v) is 12.2. The first-order valence-corrected chi connectivity index (χ1v) is 15.7. The van der Waals surface area contributed by atoms with E-state index in [1.807, 2.05) is 26.0 Å². The zero-order valence-corrected chi connectivity index (χ0v) is 26.6. The SMILES string of the molecule is CCOc1cc(/C=N\NC(=O)CN(c2ccc(OC)c(Cl)c2)S(=O)(=O)c2ccc(C)cc2)ccc1OCc1ccc(Cl)cc1. The van der Waals surface area contributed by atoms with Gasteiger partial charge in [0.2, 0.25) is 0 Å². The van der Waals surface area contributed by atoms with Crippen LogP contribution in [0, 0.1) is 6.92 Å². The van der Waals surface area contributed by atoms with Crippen molar-refractivity contribution < 1.29 is 27.4 Å². The van der Waals surface area contributed by atoms with Crippen molar-refractivity contribution >= 4 is 51.0 Å². The highest BCUT2D eigenvalue weighted by atomic mass is 35.5. The van der Waals surface area contributed by atoms with Gasteiger partial charge < -0.3 is 14.2 Å². The number of nitrogens with one attached hydrogen (secondary N) is 1. The molecule has 12 heteroatoms. The first-order valence-electron chi connectivity index (χ1n) is 13.5. The van der Waals surface area contributed by atoms with Crippen LogP contribution in [0.25, 0.3) is 0 Å². The lowest BCUT2D eigenvalue weighted by molar-refractivity contribution is -0.119. The Hall–Kier alpha value is -4.25. The van der Waals surface area contributed by atoms with E-state index in [2.05, 4.69) is 10.5 Å². The van der Waals surface area contributed by atoms with Crippen LogP contribution >= 0.6 is 23.2 Å². The fourth-order valence-electron chi connectivity index (χ4n) is 4.04. The summed E-state index contributed by atoms with van der Waals surface area (Å²) in [5, 5.41) is 4.87. The van der Waals surface area contributed by atoms with Crippen molar-refractivity contribution in [3.63, 3.8) is 0 Å². The second-order valence-electron chi connectivity index (χ2n) is 9.49. The largest absolute Gasteiger partial charge is 0.495 e. The molecule has 0 aliphatic carbocycles. The fraction of sp³-hybridized carbons (Fsp3) is 0.188. The Morgan fingerprint density at radius 3 is 2.27 bits per heavy atom. The van der Waals surface area contributed by atoms with Crippen LogP contribution in [0.15, 0.2) is 94.9 Å². The van der Waals surface area contributed by atoms with Gasteiger partial charge in [-0.1, -0.05) is 53.0 Å². The molecule has 1 amide bonds. The molecule has 0 bridgehead atoms. The van der Waals surface area contributed by atoms with Crippen LogP contribution in [0.1, 0.15) is 23.6 Å². The van der Waals surface area contributed by atoms with Gasteiger partial charge in [-0.2, -0.15) is 5.10 Å². The number of ether oxygens (including phenoxy) is 3. The van der Waals surface area contributed by atoms with Crippen molar-refractivity contribution in [1.82, 2.24) is 5.43 Å². The van der Waals surface area contributed by atoms with E-state index in [4.69, 9.17) is 37.4 Å². The maximum Gasteiger partial charge on any atom is 0.264 e. The first kappa shape index (κ1) is 32.7. The Balaban J connectivity index is 1.49. The zero-order chi connectivity index (χ0) is 31.7. The molecule has 0 aliphatic rings. The highest BCUT2D eigenvalue weighted by molar-refractivity contribution is 7.92. The van der Waals surface area contributed by atoms with E-state index < -0.39 is 22.5 Å². The molecular weight excluding hydrogens is 625 g/mol. The maximum atomic E-state index is 13.6. The summed E-state index contributed by atoms with van der Waals surface area (Å²) in [4.78, 5) is 13.0. The van der Waals surface area contributed by atoms with E-state index in [0.717, 1.165) is 15.4 Å². The smallest absolute Gasteiger partial charge is 0.264 e. The number of carbonyl (C=O) groups excluding carboxylic acids is 1. The van der Waals surface area contributed by atoms with Gasteiger partial charge in [0.1, 0.15) is 18.9 Å². The molecule has 0 saturated carbocycles. The van der Waals surface area contributed by atoms with Crippen molar-refractivity contribution in [3.8, 4) is 17.2 Å². The van der Waals surface area contributed by atoms with Gasteiger partial charge in [0.05, 0.1) is 35.5 Å². The summed E-state index contributed by atoms with van der Waals surface area (Å²) in [6, 6.07) is 23.4. The highest BCUT2D eigenvalue weighted by Gasteiger charge is 2.28. The highest BCUT2D eigenvalue weighted by Crippen LogP contribution is 2.32. The van der Waals surface area contributed by atoms with Crippen molar-refractivity contribution in [2.24, 2.45) is 5.10 Å². The minimum Gasteiger partial charge on any atom is -0.495 e. The number of nitrogens with zero attached hydrogens (tertiary/aromatic N) is 2. The van der Waals surface area contributed by atoms with Gasteiger partial charge in [0.15, 0.2) is 11.5 Å². The molecule has 0 aromatic heterocycles. The lowest BCUT2D eigenvalue weighted by atomic mass is 10.2. The monoisotopic (exact) mass is 655 g/mol. The van der Waals surface area contributed by atoms with Gasteiger partial charge in [-0.05, 0) is 85.6 Å². The third kappa shape index (κ3) is 8.43. The van der Waals surface area contributed by atoms with E-state index in [9.17, 15) is 13.2 Å². The maximum absolute atomic E-state index is 13.6. The molecule has 0 heterocycles. The van der Waals surface area contributed by atoms with Crippen LogP contribution in [0.4, 0.5) is 5.69 Å². The number of rotatable bonds is 13. The van der Waals surface area contributed by atoms with Crippen molar-refractivity contribution in [3.05, 3.63) is 112 Å². The van der Waals surface area contributed by atoms with Gasteiger partial charge in [-0.25, -0.2) is 13.8 Å². The lowest BCUT2D eigenvalue weighted by Gasteiger charge is -2.24. The number of amides is 1. The first-order chi connectivity index (χ1) is 21.1. The zero-order valence-electron chi connectivity index (χ0n) is 24.3. The number of sulfonamides is 1. The molecule has 0 atom stereocenters. The van der Waals surface area contributed by atoms with Crippen molar-refractivity contribution in [1.29, 1.82) is 0 Å². The molecule has 9 nitrogen and oxygen atoms in total. The Kier molecular flexibility index (Phi) is 11.1. The number of hydrogen-bond acceptors (Lipinski definition) is 7. The molecule has 4 aromatic rings. The number of halogens is 2. The molecular formula is C32H31Cl2N3O6S. The van der Waals surface area contributed by atoms with Crippen molar-refractivity contribution in [2.45, 2.75) is 25.3 Å². The average molecular weight is 657 g/mol. The summed E-state index contributed by atoms with van der Waals surface area (Å²) >= 11 is 12.2. The number of hydrazone groups is 1. The molecule has 230 valence electrons. The Morgan fingerprint density at radius 1 is 0.909 bits per heavy atom. The summed E-state index contributed by atoms with van der Waals surface area (Å²) in [6.45, 7) is 3.88. The number of hydrogen-bond donors (Lipinski definition) is 1. The van der Waals surface area contributed by atoms with E-state index >= 15 is 0 Å². The molecule has 0 saturated heterocycles. The van der Waals surface area contributed by atoms with E-state index in [1.165, 1.54) is 43.7 Å². The molecule has 0 fully saturated rings. The van der Waals surface area contributed by atoms with Gasteiger partial charge in [-0.15, -0.1) is 0 Å². The van der Waals surface area contributed by atoms with Crippen LogP contribution in [-0.2, 0) is 21.4 Å². The number of aryl methyl sites for hydroxylation is 1. The van der Waals surface area contributed by atoms with Crippen LogP contribution in [0.5, 0.6) is 17.2 Å². The summed E-state index contributed by atoms with van der Waals surface area (Å²) in [7, 11) is -2.69. The summed E-state index contributed by atoms with van der Waals surface area (Å²) in [5.74, 6) is 0.739. The third-order valence-corrected chi connectivity index (χ3v) is 8.63. The molecule has 0 radical (unpaired) electrons. The third-order valence-electron chi connectivity index (χ3n) is 6.30. The molecule has 4 aromatic carbocycles. The topological polar surface area (TPSA) is 107 Å². The normalized spacial score (nSPS) is 11.3. The summed E-state index contributed by atoms with van der Waals surface area (Å²) in [5.41, 5.74) is 5.05. The van der Waals surface area contributed by atoms with Gasteiger partial charge in [-0.3, -0.25) is 9.10 Å². The van der Waals surface area contributed by atoms with Crippen molar-refractivity contribution in [2.75, 3.05) is 24.6 Å². The van der Waals surface area contributed by atoms with E-state index in [1.54, 1.807) is 42.5 Å². The van der Waals surface area contributed by atoms with Crippen LogP contribution in [0.3, 0.4) is 0 Å². The number of benzene rings is 4. The Bertz CT molecular complexity index is 1730. The Labute approximate surface area is 267 Å². The molecule has 0 aliphatic heterocycles. The predicted molar refractivity (Wildman–Crippen MR) is 173 cm³/mol. The standard InChI is InChI=1S/C32H31Cl2N3O6S/c1-4-42-31-17-24(9-15-30(31)43-21-23-7-10-25(33)11-8-23)19-35-36-32(38)20-37(26-12-16-29(41-3)28(34)18-26)44(39,40)27-13-5-22(2)6-14-27/h5-19H,4,20-21H2,1-3H3,(H,36,38)/b35-19-. The number of anilines is 1. The second kappa shape index (κ2) is 15.0. The molecule has 4 rings (SSSR count). The van der Waals surface area contributed by atoms with Gasteiger partial charge in [0, 0.05) is 5.02 Å².